The number of aliphatic imine (C=N–C) groups is 2. The minimum absolute atomic E-state index is 0.419. The molecule has 1 aromatic heterocycles. The number of rotatable bonds is 4. The largest absolute Gasteiger partial charge is 0.455 e. The first-order valence-electron chi connectivity index (χ1n) is 18.0. The Morgan fingerprint density at radius 3 is 1.74 bits per heavy atom. The summed E-state index contributed by atoms with van der Waals surface area (Å²) in [6, 6.07) is 62.1. The van der Waals surface area contributed by atoms with Gasteiger partial charge in [0.2, 0.25) is 0 Å². The van der Waals surface area contributed by atoms with Gasteiger partial charge in [-0.05, 0) is 66.9 Å². The summed E-state index contributed by atoms with van der Waals surface area (Å²) in [5.74, 6) is 1.48. The number of hydrogen-bond acceptors (Lipinski definition) is 4. The van der Waals surface area contributed by atoms with Crippen molar-refractivity contribution in [2.45, 2.75) is 6.17 Å². The van der Waals surface area contributed by atoms with Gasteiger partial charge in [0.05, 0.1) is 0 Å². The molecule has 0 amide bonds. The summed E-state index contributed by atoms with van der Waals surface area (Å²) < 4.78 is 6.85. The topological polar surface area (TPSA) is 49.9 Å². The maximum absolute atomic E-state index is 6.85. The number of nitrogens with zero attached hydrogens (tertiary/aromatic N) is 2. The van der Waals surface area contributed by atoms with Crippen LogP contribution in [0.3, 0.4) is 0 Å². The van der Waals surface area contributed by atoms with Crippen LogP contribution in [0.1, 0.15) is 22.9 Å². The Hall–Kier alpha value is -7.04. The molecule has 1 aliphatic heterocycles. The number of benzene rings is 9. The van der Waals surface area contributed by atoms with E-state index < -0.39 is 6.17 Å². The van der Waals surface area contributed by atoms with Crippen LogP contribution in [0.2, 0.25) is 0 Å². The number of fused-ring (bicyclic) bond motifs is 9. The summed E-state index contributed by atoms with van der Waals surface area (Å²) in [4.78, 5) is 10.5. The standard InChI is InChI=1S/C49H31N3O/c1-2-14-30(15-3-1)47-50-48(52-49(51-47)43-29-32-17-5-7-19-34(32)36-21-9-11-23-38(36)43)41-26-13-27-44-45(41)40-25-12-24-39(46(40)53-44)42-28-31-16-4-6-18-33(31)35-20-8-10-22-37(35)42/h1-29,48H,(H,50,51,52). The van der Waals surface area contributed by atoms with Crippen LogP contribution >= 0.6 is 0 Å². The van der Waals surface area contributed by atoms with Crippen molar-refractivity contribution < 1.29 is 4.42 Å². The van der Waals surface area contributed by atoms with Crippen LogP contribution in [0.5, 0.6) is 0 Å². The van der Waals surface area contributed by atoms with Gasteiger partial charge in [0.15, 0.2) is 5.84 Å². The third-order valence-corrected chi connectivity index (χ3v) is 10.7. The van der Waals surface area contributed by atoms with Crippen molar-refractivity contribution in [2.75, 3.05) is 0 Å². The summed E-state index contributed by atoms with van der Waals surface area (Å²) in [5.41, 5.74) is 6.97. The second-order valence-corrected chi connectivity index (χ2v) is 13.7. The van der Waals surface area contributed by atoms with E-state index in [4.69, 9.17) is 14.4 Å². The highest BCUT2D eigenvalue weighted by Gasteiger charge is 2.26. The molecule has 0 spiro atoms. The van der Waals surface area contributed by atoms with Gasteiger partial charge < -0.3 is 9.73 Å². The SMILES string of the molecule is c1ccc(C2=NC(c3cccc4oc5c(-c6cc7ccccc7c7ccccc67)cccc5c34)NC(c3cc4ccccc4c4ccccc34)=N2)cc1. The zero-order valence-corrected chi connectivity index (χ0v) is 28.6. The van der Waals surface area contributed by atoms with E-state index in [1.54, 1.807) is 0 Å². The van der Waals surface area contributed by atoms with Crippen molar-refractivity contribution in [3.63, 3.8) is 0 Å². The van der Waals surface area contributed by atoms with Crippen molar-refractivity contribution in [2.24, 2.45) is 9.98 Å². The zero-order valence-electron chi connectivity index (χ0n) is 28.6. The van der Waals surface area contributed by atoms with Crippen LogP contribution in [0.4, 0.5) is 0 Å². The average Bonchev–Trinajstić information content (AvgIpc) is 3.63. The highest BCUT2D eigenvalue weighted by atomic mass is 16.3. The van der Waals surface area contributed by atoms with E-state index in [0.29, 0.717) is 5.84 Å². The lowest BCUT2D eigenvalue weighted by molar-refractivity contribution is 0.663. The fourth-order valence-electron chi connectivity index (χ4n) is 8.31. The summed E-state index contributed by atoms with van der Waals surface area (Å²) >= 11 is 0. The predicted octanol–water partition coefficient (Wildman–Crippen LogP) is 12.4. The van der Waals surface area contributed by atoms with Gasteiger partial charge in [-0.2, -0.15) is 0 Å². The number of para-hydroxylation sites is 1. The lowest BCUT2D eigenvalue weighted by Crippen LogP contribution is -2.33. The fourth-order valence-corrected chi connectivity index (χ4v) is 8.31. The molecule has 0 bridgehead atoms. The predicted molar refractivity (Wildman–Crippen MR) is 221 cm³/mol. The van der Waals surface area contributed by atoms with E-state index in [2.05, 4.69) is 163 Å². The Morgan fingerprint density at radius 2 is 1.02 bits per heavy atom. The maximum atomic E-state index is 6.85. The monoisotopic (exact) mass is 677 g/mol. The molecule has 1 atom stereocenters. The minimum atomic E-state index is -0.419. The van der Waals surface area contributed by atoms with Gasteiger partial charge in [-0.15, -0.1) is 0 Å². The molecule has 9 aromatic carbocycles. The number of furan rings is 1. The van der Waals surface area contributed by atoms with Crippen molar-refractivity contribution >= 4 is 76.7 Å². The van der Waals surface area contributed by atoms with Gasteiger partial charge in [0.25, 0.3) is 0 Å². The first-order valence-corrected chi connectivity index (χ1v) is 18.0. The molecule has 0 saturated carbocycles. The average molecular weight is 678 g/mol. The third-order valence-electron chi connectivity index (χ3n) is 10.7. The number of nitrogens with one attached hydrogen (secondary N) is 1. The van der Waals surface area contributed by atoms with E-state index in [-0.39, 0.29) is 0 Å². The quantitative estimate of drug-likeness (QED) is 0.189. The minimum Gasteiger partial charge on any atom is -0.455 e. The van der Waals surface area contributed by atoms with E-state index in [0.717, 1.165) is 61.0 Å². The first kappa shape index (κ1) is 29.7. The van der Waals surface area contributed by atoms with Crippen molar-refractivity contribution in [3.05, 3.63) is 193 Å². The first-order chi connectivity index (χ1) is 26.3. The van der Waals surface area contributed by atoms with E-state index in [1.165, 1.54) is 37.7 Å². The highest BCUT2D eigenvalue weighted by Crippen LogP contribution is 2.43. The fraction of sp³-hybridized carbons (Fsp3) is 0.0204. The molecule has 248 valence electrons. The molecule has 4 nitrogen and oxygen atoms in total. The smallest absolute Gasteiger partial charge is 0.159 e. The van der Waals surface area contributed by atoms with E-state index in [1.807, 2.05) is 18.2 Å². The molecule has 0 aliphatic carbocycles. The lowest BCUT2D eigenvalue weighted by atomic mass is 9.92. The molecule has 0 radical (unpaired) electrons. The molecule has 53 heavy (non-hydrogen) atoms. The maximum Gasteiger partial charge on any atom is 0.159 e. The van der Waals surface area contributed by atoms with Crippen LogP contribution in [-0.2, 0) is 0 Å². The Morgan fingerprint density at radius 1 is 0.453 bits per heavy atom. The Kier molecular flexibility index (Phi) is 6.58. The molecule has 11 rings (SSSR count). The Bertz CT molecular complexity index is 3150. The second-order valence-electron chi connectivity index (χ2n) is 13.7. The van der Waals surface area contributed by atoms with Crippen LogP contribution < -0.4 is 5.32 Å². The summed E-state index contributed by atoms with van der Waals surface area (Å²) in [6.45, 7) is 0. The van der Waals surface area contributed by atoms with Gasteiger partial charge in [0.1, 0.15) is 23.2 Å². The van der Waals surface area contributed by atoms with E-state index in [9.17, 15) is 0 Å². The van der Waals surface area contributed by atoms with Crippen LogP contribution in [0, 0.1) is 0 Å². The van der Waals surface area contributed by atoms with Crippen molar-refractivity contribution in [1.29, 1.82) is 0 Å². The Balaban J connectivity index is 1.12. The van der Waals surface area contributed by atoms with Gasteiger partial charge in [-0.3, -0.25) is 0 Å². The van der Waals surface area contributed by atoms with Gasteiger partial charge in [0, 0.05) is 33.0 Å². The highest BCUT2D eigenvalue weighted by molar-refractivity contribution is 6.23. The molecular formula is C49H31N3O. The Labute approximate surface area is 305 Å². The van der Waals surface area contributed by atoms with Gasteiger partial charge in [-0.1, -0.05) is 158 Å². The summed E-state index contributed by atoms with van der Waals surface area (Å²) in [6.07, 6.45) is -0.419. The molecule has 0 saturated heterocycles. The lowest BCUT2D eigenvalue weighted by Gasteiger charge is -2.25. The van der Waals surface area contributed by atoms with Gasteiger partial charge >= 0.3 is 0 Å². The van der Waals surface area contributed by atoms with Gasteiger partial charge in [-0.25, -0.2) is 9.98 Å². The van der Waals surface area contributed by atoms with Crippen LogP contribution in [0.25, 0.3) is 76.2 Å². The normalized spacial score (nSPS) is 14.6. The number of amidine groups is 2. The second kappa shape index (κ2) is 11.8. The van der Waals surface area contributed by atoms with Crippen LogP contribution in [-0.4, -0.2) is 11.7 Å². The molecule has 0 fully saturated rings. The molecule has 1 unspecified atom stereocenters. The zero-order chi connectivity index (χ0) is 34.9. The molecule has 10 aromatic rings. The third kappa shape index (κ3) is 4.69. The molecular weight excluding hydrogens is 647 g/mol. The molecule has 1 aliphatic rings. The molecule has 4 heteroatoms. The summed E-state index contributed by atoms with van der Waals surface area (Å²) in [7, 11) is 0. The van der Waals surface area contributed by atoms with E-state index >= 15 is 0 Å². The van der Waals surface area contributed by atoms with Crippen LogP contribution in [0.15, 0.2) is 190 Å². The molecule has 1 N–H and O–H groups in total. The molecule has 2 heterocycles. The van der Waals surface area contributed by atoms with Crippen molar-refractivity contribution in [3.8, 4) is 11.1 Å². The van der Waals surface area contributed by atoms with Crippen molar-refractivity contribution in [1.82, 2.24) is 5.32 Å². The number of hydrogen-bond donors (Lipinski definition) is 1. The summed E-state index contributed by atoms with van der Waals surface area (Å²) in [5, 5.41) is 15.5.